The predicted octanol–water partition coefficient (Wildman–Crippen LogP) is 0.551. The van der Waals surface area contributed by atoms with E-state index in [0.29, 0.717) is 25.7 Å². The van der Waals surface area contributed by atoms with Gasteiger partial charge in [-0.15, -0.1) is 0 Å². The summed E-state index contributed by atoms with van der Waals surface area (Å²) in [6, 6.07) is 0. The maximum absolute atomic E-state index is 11.7. The molecular formula is C45H76O16. The van der Waals surface area contributed by atoms with Crippen LogP contribution in [0.1, 0.15) is 107 Å². The summed E-state index contributed by atoms with van der Waals surface area (Å²) >= 11 is 0. The maximum Gasteiger partial charge on any atom is 0.186 e. The zero-order valence-electron chi connectivity index (χ0n) is 37.2. The quantitative estimate of drug-likeness (QED) is 0.157. The normalized spacial score (nSPS) is 57.3. The second-order valence-corrected chi connectivity index (χ2v) is 22.8. The summed E-state index contributed by atoms with van der Waals surface area (Å²) in [5.74, 6) is -0.109. The van der Waals surface area contributed by atoms with Gasteiger partial charge < -0.3 is 79.5 Å². The lowest BCUT2D eigenvalue weighted by Crippen LogP contribution is -2.72. The molecule has 0 radical (unpaired) electrons. The third-order valence-electron chi connectivity index (χ3n) is 18.9. The van der Waals surface area contributed by atoms with Crippen LogP contribution in [0.5, 0.6) is 0 Å². The van der Waals surface area contributed by atoms with Gasteiger partial charge in [-0.3, -0.25) is 0 Å². The van der Waals surface area contributed by atoms with Gasteiger partial charge in [0, 0.05) is 0 Å². The fraction of sp³-hybridized carbons (Fsp3) is 1.00. The van der Waals surface area contributed by atoms with Gasteiger partial charge in [-0.2, -0.15) is 0 Å². The highest BCUT2D eigenvalue weighted by atomic mass is 16.7. The smallest absolute Gasteiger partial charge is 0.186 e. The molecule has 8 rings (SSSR count). The van der Waals surface area contributed by atoms with Crippen molar-refractivity contribution in [2.45, 2.75) is 204 Å². The fourth-order valence-corrected chi connectivity index (χ4v) is 15.9. The number of ether oxygens (including phenoxy) is 6. The molecule has 0 aromatic heterocycles. The third kappa shape index (κ3) is 7.23. The highest BCUT2D eigenvalue weighted by molar-refractivity contribution is 5.23. The zero-order valence-corrected chi connectivity index (χ0v) is 37.2. The molecule has 61 heavy (non-hydrogen) atoms. The minimum Gasteiger partial charge on any atom is -0.390 e. The summed E-state index contributed by atoms with van der Waals surface area (Å²) in [4.78, 5) is 0. The number of aliphatic hydroxyl groups excluding tert-OH is 9. The van der Waals surface area contributed by atoms with Crippen molar-refractivity contribution in [2.24, 2.45) is 56.7 Å². The van der Waals surface area contributed by atoms with E-state index in [4.69, 9.17) is 28.4 Å². The van der Waals surface area contributed by atoms with Crippen LogP contribution >= 0.6 is 0 Å². The van der Waals surface area contributed by atoms with Crippen LogP contribution < -0.4 is 0 Å². The van der Waals surface area contributed by atoms with E-state index in [1.54, 1.807) is 0 Å². The first kappa shape index (κ1) is 46.9. The monoisotopic (exact) mass is 873 g/mol. The average Bonchev–Trinajstić information content (AvgIpc) is 3.55. The summed E-state index contributed by atoms with van der Waals surface area (Å²) in [5, 5.41) is 108. The molecule has 8 aliphatic rings. The average molecular weight is 873 g/mol. The fourth-order valence-electron chi connectivity index (χ4n) is 15.9. The Morgan fingerprint density at radius 1 is 0.508 bits per heavy atom. The molecule has 3 aliphatic heterocycles. The van der Waals surface area contributed by atoms with Crippen LogP contribution in [0.3, 0.4) is 0 Å². The Hall–Kier alpha value is -0.640. The molecule has 0 aromatic rings. The number of rotatable bonds is 7. The minimum atomic E-state index is -1.52. The second kappa shape index (κ2) is 16.0. The van der Waals surface area contributed by atoms with Crippen molar-refractivity contribution in [1.29, 1.82) is 0 Å². The molecule has 0 spiro atoms. The van der Waals surface area contributed by atoms with Gasteiger partial charge >= 0.3 is 0 Å². The van der Waals surface area contributed by atoms with Crippen molar-refractivity contribution in [3.05, 3.63) is 0 Å². The molecule has 24 atom stereocenters. The van der Waals surface area contributed by atoms with Crippen LogP contribution in [0.4, 0.5) is 0 Å². The van der Waals surface area contributed by atoms with E-state index in [0.717, 1.165) is 25.7 Å². The summed E-state index contributed by atoms with van der Waals surface area (Å²) in [5.41, 5.74) is -3.23. The van der Waals surface area contributed by atoms with Crippen LogP contribution in [0.15, 0.2) is 0 Å². The second-order valence-electron chi connectivity index (χ2n) is 22.8. The van der Waals surface area contributed by atoms with E-state index in [1.165, 1.54) is 0 Å². The molecule has 10 N–H and O–H groups in total. The molecule has 0 unspecified atom stereocenters. The van der Waals surface area contributed by atoms with Crippen molar-refractivity contribution in [2.75, 3.05) is 19.8 Å². The first-order chi connectivity index (χ1) is 28.3. The van der Waals surface area contributed by atoms with E-state index < -0.39 is 119 Å². The number of aliphatic hydroxyl groups is 10. The number of fused-ring (bicyclic) bond motifs is 7. The highest BCUT2D eigenvalue weighted by Gasteiger charge is 2.75. The summed E-state index contributed by atoms with van der Waals surface area (Å²) < 4.78 is 38.1. The number of hydrogen-bond donors (Lipinski definition) is 10. The van der Waals surface area contributed by atoms with Crippen molar-refractivity contribution in [1.82, 2.24) is 0 Å². The topological polar surface area (TPSA) is 258 Å². The molecule has 8 fully saturated rings. The Bertz CT molecular complexity index is 1580. The van der Waals surface area contributed by atoms with Gasteiger partial charge in [0.15, 0.2) is 18.9 Å². The van der Waals surface area contributed by atoms with Gasteiger partial charge in [-0.05, 0) is 122 Å². The Balaban J connectivity index is 1.19. The molecular weight excluding hydrogens is 796 g/mol. The molecule has 0 aromatic carbocycles. The summed E-state index contributed by atoms with van der Waals surface area (Å²) in [6.07, 6.45) is -11.8. The maximum atomic E-state index is 11.7. The molecule has 3 heterocycles. The van der Waals surface area contributed by atoms with E-state index in [-0.39, 0.29) is 54.8 Å². The Labute approximate surface area is 359 Å². The van der Waals surface area contributed by atoms with E-state index in [1.807, 2.05) is 13.8 Å². The summed E-state index contributed by atoms with van der Waals surface area (Å²) in [6.45, 7) is 16.7. The van der Waals surface area contributed by atoms with Crippen LogP contribution in [0.25, 0.3) is 0 Å². The van der Waals surface area contributed by atoms with E-state index >= 15 is 0 Å². The Morgan fingerprint density at radius 3 is 1.39 bits per heavy atom. The van der Waals surface area contributed by atoms with Crippen molar-refractivity contribution in [3.8, 4) is 0 Å². The van der Waals surface area contributed by atoms with Gasteiger partial charge in [0.2, 0.25) is 0 Å². The lowest BCUT2D eigenvalue weighted by molar-refractivity contribution is -0.354. The first-order valence-electron chi connectivity index (χ1n) is 23.0. The van der Waals surface area contributed by atoms with Crippen LogP contribution in [-0.2, 0) is 28.4 Å². The van der Waals surface area contributed by atoms with Crippen molar-refractivity contribution >= 4 is 0 Å². The lowest BCUT2D eigenvalue weighted by atomic mass is 9.31. The van der Waals surface area contributed by atoms with Gasteiger partial charge in [-0.25, -0.2) is 0 Å². The van der Waals surface area contributed by atoms with Crippen LogP contribution in [-0.4, -0.2) is 169 Å². The minimum absolute atomic E-state index is 0.105. The molecule has 0 amide bonds. The molecule has 352 valence electrons. The highest BCUT2D eigenvalue weighted by Crippen LogP contribution is 2.79. The van der Waals surface area contributed by atoms with Gasteiger partial charge in [0.1, 0.15) is 54.9 Å². The molecule has 0 bridgehead atoms. The molecule has 5 aliphatic carbocycles. The van der Waals surface area contributed by atoms with Crippen molar-refractivity contribution < 1.29 is 79.5 Å². The van der Waals surface area contributed by atoms with Gasteiger partial charge in [0.25, 0.3) is 0 Å². The Morgan fingerprint density at radius 2 is 0.918 bits per heavy atom. The van der Waals surface area contributed by atoms with E-state index in [2.05, 4.69) is 41.5 Å². The third-order valence-corrected chi connectivity index (χ3v) is 18.9. The number of hydrogen-bond acceptors (Lipinski definition) is 16. The van der Waals surface area contributed by atoms with Crippen LogP contribution in [0.2, 0.25) is 0 Å². The van der Waals surface area contributed by atoms with Crippen LogP contribution in [0, 0.1) is 56.7 Å². The summed E-state index contributed by atoms with van der Waals surface area (Å²) in [7, 11) is 0. The molecule has 16 heteroatoms. The van der Waals surface area contributed by atoms with Gasteiger partial charge in [-0.1, -0.05) is 41.5 Å². The largest absolute Gasteiger partial charge is 0.390 e. The Kier molecular flexibility index (Phi) is 12.3. The zero-order chi connectivity index (χ0) is 44.6. The standard InChI is InChI=1S/C45H76O16/c1-40(2)28(61-39-35(54)32(51)23(48)19-58-39)12-14-43(6)27-10-9-26-42(5)13-11-20(41(3,4)55)29(42)24(59-37-33(52)30(49)21(46)17-56-37)15-44(26,7)45(27,8)16-25(36(40)43)60-38-34(53)31(50)22(47)18-57-38/h20-39,46-55H,9-19H2,1-8H3/t20-,21+,22-,23+,24-,25-,26+,27+,28-,29+,30-,31-,32-,33+,34+,35+,36-,37-,38-,39-,42+,43+,44+,45+/m0/s1. The predicted molar refractivity (Wildman–Crippen MR) is 215 cm³/mol. The van der Waals surface area contributed by atoms with E-state index in [9.17, 15) is 51.1 Å². The lowest BCUT2D eigenvalue weighted by Gasteiger charge is -2.75. The molecule has 3 saturated heterocycles. The molecule has 16 nitrogen and oxygen atoms in total. The first-order valence-corrected chi connectivity index (χ1v) is 23.0. The SMILES string of the molecule is CC(C)(O)[C@H]1CC[C@@]2(C)[C@H]1[C@@H](O[C@@H]1OC[C@@H](O)[C@H](O)[C@H]1O)C[C@]1(C)[C@@H]2CC[C@@H]2[C@@]3(C)CC[C@H](O[C@@H]4OC[C@@H](O)[C@H](O)[C@H]4O)C(C)(C)[C@@H]3[C@@H](O[C@@H]3OC[C@H](O)[C@H](O)[C@H]3O)C[C@]21C. The van der Waals surface area contributed by atoms with Gasteiger partial charge in [0.05, 0.1) is 43.7 Å². The van der Waals surface area contributed by atoms with Crippen molar-refractivity contribution in [3.63, 3.8) is 0 Å². The molecule has 5 saturated carbocycles.